The van der Waals surface area contributed by atoms with Crippen LogP contribution in [0.2, 0.25) is 0 Å². The zero-order valence-electron chi connectivity index (χ0n) is 33.8. The topological polar surface area (TPSA) is 161 Å². The Labute approximate surface area is 326 Å². The van der Waals surface area contributed by atoms with E-state index in [1.54, 1.807) is 0 Å². The van der Waals surface area contributed by atoms with Crippen molar-refractivity contribution in [2.75, 3.05) is 26.4 Å². The molecule has 3 unspecified atom stereocenters. The molecule has 1 rings (SSSR count). The molecule has 1 saturated heterocycles. The van der Waals surface area contributed by atoms with Crippen molar-refractivity contribution in [1.29, 1.82) is 0 Å². The Morgan fingerprint density at radius 2 is 1.31 bits per heavy atom. The predicted octanol–water partition coefficient (Wildman–Crippen LogP) is 9.62. The fourth-order valence-electron chi connectivity index (χ4n) is 5.79. The molecule has 1 aliphatic heterocycles. The summed E-state index contributed by atoms with van der Waals surface area (Å²) in [5.41, 5.74) is 0. The van der Waals surface area contributed by atoms with Crippen molar-refractivity contribution >= 4 is 19.8 Å². The largest absolute Gasteiger partial charge is 0.472 e. The fourth-order valence-corrected chi connectivity index (χ4v) is 6.58. The molecule has 0 aromatic carbocycles. The van der Waals surface area contributed by atoms with Gasteiger partial charge in [0.25, 0.3) is 0 Å². The van der Waals surface area contributed by atoms with Gasteiger partial charge in [-0.2, -0.15) is 0 Å². The van der Waals surface area contributed by atoms with Gasteiger partial charge in [-0.3, -0.25) is 18.6 Å². The van der Waals surface area contributed by atoms with Gasteiger partial charge in [0.15, 0.2) is 6.10 Å². The molecule has 0 amide bonds. The highest BCUT2D eigenvalue weighted by atomic mass is 31.2. The summed E-state index contributed by atoms with van der Waals surface area (Å²) in [6.07, 6.45) is 32.8. The minimum Gasteiger partial charge on any atom is -0.462 e. The normalized spacial score (nSPS) is 18.1. The van der Waals surface area contributed by atoms with Crippen LogP contribution in [0.4, 0.5) is 0 Å². The number of hydrogen-bond donors (Lipinski definition) is 3. The van der Waals surface area contributed by atoms with Crippen LogP contribution in [0.3, 0.4) is 0 Å². The lowest BCUT2D eigenvalue weighted by Gasteiger charge is -2.20. The molecule has 1 fully saturated rings. The molecule has 314 valence electrons. The van der Waals surface area contributed by atoms with E-state index in [1.807, 2.05) is 0 Å². The van der Waals surface area contributed by atoms with Gasteiger partial charge in [-0.25, -0.2) is 4.57 Å². The molecule has 1 heterocycles. The van der Waals surface area contributed by atoms with Crippen molar-refractivity contribution in [3.8, 4) is 0 Å². The molecule has 3 N–H and O–H groups in total. The first-order chi connectivity index (χ1) is 26.1. The number of epoxide rings is 1. The number of phosphoric ester groups is 1. The number of ether oxygens (including phenoxy) is 3. The monoisotopic (exact) mass is 787 g/mol. The van der Waals surface area contributed by atoms with Crippen LogP contribution in [0, 0.1) is 5.92 Å². The summed E-state index contributed by atoms with van der Waals surface area (Å²) >= 11 is 0. The van der Waals surface area contributed by atoms with E-state index in [1.165, 1.54) is 64.2 Å². The average Bonchev–Trinajstić information content (AvgIpc) is 3.90. The minimum atomic E-state index is -4.64. The number of rotatable bonds is 37. The molecule has 0 aromatic rings. The van der Waals surface area contributed by atoms with E-state index in [-0.39, 0.29) is 31.7 Å². The van der Waals surface area contributed by atoms with E-state index in [9.17, 15) is 24.2 Å². The zero-order valence-corrected chi connectivity index (χ0v) is 34.7. The molecule has 11 nitrogen and oxygen atoms in total. The first-order valence-corrected chi connectivity index (χ1v) is 22.4. The second kappa shape index (κ2) is 33.3. The second-order valence-corrected chi connectivity index (χ2v) is 16.3. The maximum Gasteiger partial charge on any atom is 0.472 e. The van der Waals surface area contributed by atoms with E-state index in [0.29, 0.717) is 19.3 Å². The Balaban J connectivity index is 2.33. The van der Waals surface area contributed by atoms with Crippen LogP contribution in [-0.4, -0.2) is 77.9 Å². The first kappa shape index (κ1) is 50.2. The molecule has 0 aromatic heterocycles. The molecule has 0 bridgehead atoms. The molecule has 0 radical (unpaired) electrons. The second-order valence-electron chi connectivity index (χ2n) is 14.9. The van der Waals surface area contributed by atoms with Gasteiger partial charge in [0.05, 0.1) is 32.0 Å². The molecular weight excluding hydrogens is 711 g/mol. The number of carbonyl (C=O) groups excluding carboxylic acids is 2. The van der Waals surface area contributed by atoms with Crippen molar-refractivity contribution in [1.82, 2.24) is 0 Å². The summed E-state index contributed by atoms with van der Waals surface area (Å²) in [5, 5.41) is 18.3. The Hall–Kier alpha value is -1.85. The summed E-state index contributed by atoms with van der Waals surface area (Å²) in [5.74, 6) is -0.216. The highest BCUT2D eigenvalue weighted by Crippen LogP contribution is 2.43. The van der Waals surface area contributed by atoms with E-state index in [2.05, 4.69) is 61.8 Å². The standard InChI is InChI=1S/C42H75O11P/c1-4-5-6-7-8-9-10-11-15-18-21-24-28-39-40(53-39)29-26-31-42(46)52-38(35-51-54(47,48)50-33-37(44)32-43)34-49-41(45)30-25-22-19-16-13-12-14-17-20-23-27-36(2)3/h8-9,11,15,21,24,36-40,43-44H,4-7,10,12-14,16-20,22-23,25-35H2,1-3H3,(H,47,48)/b9-8-,15-11-,24-21-/t37-,38+,39?,40?/m0/s1. The van der Waals surface area contributed by atoms with Gasteiger partial charge in [-0.05, 0) is 57.3 Å². The maximum absolute atomic E-state index is 12.7. The van der Waals surface area contributed by atoms with Crippen molar-refractivity contribution in [3.63, 3.8) is 0 Å². The third-order valence-electron chi connectivity index (χ3n) is 9.15. The molecule has 0 saturated carbocycles. The fraction of sp³-hybridized carbons (Fsp3) is 0.810. The number of aliphatic hydroxyl groups is 2. The van der Waals surface area contributed by atoms with E-state index >= 15 is 0 Å². The van der Waals surface area contributed by atoms with Crippen molar-refractivity contribution in [3.05, 3.63) is 36.5 Å². The molecule has 0 aliphatic carbocycles. The minimum absolute atomic E-state index is 0.0898. The van der Waals surface area contributed by atoms with Crippen LogP contribution in [0.5, 0.6) is 0 Å². The lowest BCUT2D eigenvalue weighted by atomic mass is 10.0. The molecule has 1 aliphatic rings. The number of aliphatic hydroxyl groups excluding tert-OH is 2. The Kier molecular flexibility index (Phi) is 30.9. The van der Waals surface area contributed by atoms with Gasteiger partial charge in [0, 0.05) is 12.8 Å². The Morgan fingerprint density at radius 3 is 1.96 bits per heavy atom. The van der Waals surface area contributed by atoms with Crippen LogP contribution in [-0.2, 0) is 37.4 Å². The number of carbonyl (C=O) groups is 2. The van der Waals surface area contributed by atoms with Crippen LogP contribution in [0.15, 0.2) is 36.5 Å². The quantitative estimate of drug-likeness (QED) is 0.0181. The van der Waals surface area contributed by atoms with Crippen molar-refractivity contribution in [2.24, 2.45) is 5.92 Å². The molecule has 54 heavy (non-hydrogen) atoms. The number of unbranched alkanes of at least 4 members (excludes halogenated alkanes) is 12. The third-order valence-corrected chi connectivity index (χ3v) is 10.1. The Morgan fingerprint density at radius 1 is 0.722 bits per heavy atom. The predicted molar refractivity (Wildman–Crippen MR) is 214 cm³/mol. The average molecular weight is 787 g/mol. The zero-order chi connectivity index (χ0) is 39.7. The summed E-state index contributed by atoms with van der Waals surface area (Å²) in [4.78, 5) is 35.0. The highest BCUT2D eigenvalue weighted by molar-refractivity contribution is 7.47. The SMILES string of the molecule is CCCCC/C=C\C/C=C\C/C=C\CC1OC1CCCC(=O)O[C@H](COC(=O)CCCCCCCCCCCCC(C)C)COP(=O)(O)OC[C@@H](O)CO. The number of hydrogen-bond acceptors (Lipinski definition) is 10. The molecular formula is C42H75O11P. The lowest BCUT2D eigenvalue weighted by molar-refractivity contribution is -0.161. The van der Waals surface area contributed by atoms with Gasteiger partial charge in [-0.15, -0.1) is 0 Å². The van der Waals surface area contributed by atoms with Gasteiger partial charge < -0.3 is 29.3 Å². The van der Waals surface area contributed by atoms with Crippen LogP contribution in [0.1, 0.15) is 162 Å². The number of esters is 2. The lowest BCUT2D eigenvalue weighted by Crippen LogP contribution is -2.30. The number of allylic oxidation sites excluding steroid dienone is 5. The molecule has 12 heteroatoms. The van der Waals surface area contributed by atoms with Gasteiger partial charge in [0.1, 0.15) is 12.7 Å². The number of phosphoric acid groups is 1. The Bertz CT molecular complexity index is 1080. The van der Waals surface area contributed by atoms with E-state index in [0.717, 1.165) is 50.9 Å². The first-order valence-electron chi connectivity index (χ1n) is 20.9. The third kappa shape index (κ3) is 31.4. The van der Waals surface area contributed by atoms with Crippen LogP contribution < -0.4 is 0 Å². The maximum atomic E-state index is 12.7. The van der Waals surface area contributed by atoms with Gasteiger partial charge in [-0.1, -0.05) is 134 Å². The van der Waals surface area contributed by atoms with Crippen LogP contribution in [0.25, 0.3) is 0 Å². The summed E-state index contributed by atoms with van der Waals surface area (Å²) in [7, 11) is -4.64. The summed E-state index contributed by atoms with van der Waals surface area (Å²) < 4.78 is 38.4. The highest BCUT2D eigenvalue weighted by Gasteiger charge is 2.37. The van der Waals surface area contributed by atoms with Crippen molar-refractivity contribution < 1.29 is 52.5 Å². The summed E-state index contributed by atoms with van der Waals surface area (Å²) in [6.45, 7) is 4.56. The van der Waals surface area contributed by atoms with Gasteiger partial charge in [0.2, 0.25) is 0 Å². The van der Waals surface area contributed by atoms with Crippen LogP contribution >= 0.6 is 7.82 Å². The summed E-state index contributed by atoms with van der Waals surface area (Å²) in [6, 6.07) is 0. The van der Waals surface area contributed by atoms with Crippen molar-refractivity contribution in [2.45, 2.75) is 186 Å². The van der Waals surface area contributed by atoms with E-state index < -0.39 is 51.8 Å². The van der Waals surface area contributed by atoms with Gasteiger partial charge >= 0.3 is 19.8 Å². The molecule has 0 spiro atoms. The molecule has 5 atom stereocenters. The van der Waals surface area contributed by atoms with E-state index in [4.69, 9.17) is 23.8 Å². The smallest absolute Gasteiger partial charge is 0.462 e.